The van der Waals surface area contributed by atoms with Crippen LogP contribution in [0.3, 0.4) is 0 Å². The minimum Gasteiger partial charge on any atom is -0.478 e. The standard InChI is InChI=1S/C16H23NO3/c1-11-9-14(7-8-15(11)16(18)19)17-13-5-3-12(4-6-13)10-20-2/h7-9,12-13,17H,3-6,10H2,1-2H3,(H,18,19). The highest BCUT2D eigenvalue weighted by Gasteiger charge is 2.21. The molecule has 0 amide bonds. The van der Waals surface area contributed by atoms with E-state index in [-0.39, 0.29) is 0 Å². The van der Waals surface area contributed by atoms with E-state index in [1.54, 1.807) is 13.2 Å². The number of anilines is 1. The van der Waals surface area contributed by atoms with Gasteiger partial charge in [-0.3, -0.25) is 0 Å². The maximum Gasteiger partial charge on any atom is 0.335 e. The molecule has 0 aliphatic heterocycles. The molecule has 0 radical (unpaired) electrons. The Labute approximate surface area is 120 Å². The molecule has 1 aliphatic carbocycles. The van der Waals surface area contributed by atoms with Crippen LogP contribution in [0, 0.1) is 12.8 Å². The van der Waals surface area contributed by atoms with Gasteiger partial charge in [-0.1, -0.05) is 0 Å². The quantitative estimate of drug-likeness (QED) is 0.867. The van der Waals surface area contributed by atoms with Gasteiger partial charge in [0.05, 0.1) is 5.56 Å². The molecule has 4 nitrogen and oxygen atoms in total. The summed E-state index contributed by atoms with van der Waals surface area (Å²) in [6.07, 6.45) is 4.68. The third-order valence-electron chi connectivity index (χ3n) is 4.08. The molecule has 110 valence electrons. The first-order chi connectivity index (χ1) is 9.60. The Morgan fingerprint density at radius 2 is 2.05 bits per heavy atom. The van der Waals surface area contributed by atoms with Gasteiger partial charge in [0.2, 0.25) is 0 Å². The fourth-order valence-electron chi connectivity index (χ4n) is 2.94. The molecule has 2 rings (SSSR count). The summed E-state index contributed by atoms with van der Waals surface area (Å²) in [5, 5.41) is 12.5. The molecule has 0 bridgehead atoms. The molecule has 1 saturated carbocycles. The highest BCUT2D eigenvalue weighted by atomic mass is 16.5. The second-order valence-electron chi connectivity index (χ2n) is 5.65. The molecule has 1 fully saturated rings. The van der Waals surface area contributed by atoms with Crippen LogP contribution < -0.4 is 5.32 Å². The number of methoxy groups -OCH3 is 1. The van der Waals surface area contributed by atoms with Crippen LogP contribution in [0.4, 0.5) is 5.69 Å². The first-order valence-corrected chi connectivity index (χ1v) is 7.19. The van der Waals surface area contributed by atoms with E-state index in [0.717, 1.165) is 30.7 Å². The monoisotopic (exact) mass is 277 g/mol. The molecular formula is C16H23NO3. The number of nitrogens with one attached hydrogen (secondary N) is 1. The van der Waals surface area contributed by atoms with Crippen LogP contribution in [0.25, 0.3) is 0 Å². The average molecular weight is 277 g/mol. The molecular weight excluding hydrogens is 254 g/mol. The second-order valence-corrected chi connectivity index (χ2v) is 5.65. The largest absolute Gasteiger partial charge is 0.478 e. The summed E-state index contributed by atoms with van der Waals surface area (Å²) in [6.45, 7) is 2.70. The lowest BCUT2D eigenvalue weighted by molar-refractivity contribution is 0.0696. The van der Waals surface area contributed by atoms with Crippen molar-refractivity contribution in [3.05, 3.63) is 29.3 Å². The molecule has 1 aromatic rings. The minimum atomic E-state index is -0.867. The van der Waals surface area contributed by atoms with E-state index < -0.39 is 5.97 Å². The average Bonchev–Trinajstić information content (AvgIpc) is 2.41. The summed E-state index contributed by atoms with van der Waals surface area (Å²) in [4.78, 5) is 11.0. The zero-order chi connectivity index (χ0) is 14.5. The van der Waals surface area contributed by atoms with Gasteiger partial charge in [0.15, 0.2) is 0 Å². The molecule has 2 N–H and O–H groups in total. The van der Waals surface area contributed by atoms with E-state index in [9.17, 15) is 4.79 Å². The number of rotatable bonds is 5. The van der Waals surface area contributed by atoms with Crippen LogP contribution in [0.1, 0.15) is 41.6 Å². The van der Waals surface area contributed by atoms with E-state index in [1.165, 1.54) is 12.8 Å². The third kappa shape index (κ3) is 3.73. The van der Waals surface area contributed by atoms with E-state index in [1.807, 2.05) is 19.1 Å². The Balaban J connectivity index is 1.91. The number of benzene rings is 1. The number of carbonyl (C=O) groups is 1. The predicted molar refractivity (Wildman–Crippen MR) is 79.4 cm³/mol. The molecule has 0 aromatic heterocycles. The van der Waals surface area contributed by atoms with E-state index in [4.69, 9.17) is 9.84 Å². The zero-order valence-corrected chi connectivity index (χ0v) is 12.2. The van der Waals surface area contributed by atoms with Gasteiger partial charge >= 0.3 is 5.97 Å². The fourth-order valence-corrected chi connectivity index (χ4v) is 2.94. The Bertz CT molecular complexity index is 465. The molecule has 20 heavy (non-hydrogen) atoms. The highest BCUT2D eigenvalue weighted by molar-refractivity contribution is 5.89. The molecule has 1 aliphatic rings. The van der Waals surface area contributed by atoms with Gasteiger partial charge in [-0.15, -0.1) is 0 Å². The van der Waals surface area contributed by atoms with Gasteiger partial charge in [0, 0.05) is 25.4 Å². The first-order valence-electron chi connectivity index (χ1n) is 7.19. The van der Waals surface area contributed by atoms with Crippen molar-refractivity contribution < 1.29 is 14.6 Å². The molecule has 0 unspecified atom stereocenters. The van der Waals surface area contributed by atoms with Gasteiger partial charge in [0.1, 0.15) is 0 Å². The maximum absolute atomic E-state index is 11.0. The SMILES string of the molecule is COCC1CCC(Nc2ccc(C(=O)O)c(C)c2)CC1. The lowest BCUT2D eigenvalue weighted by Gasteiger charge is -2.29. The number of hydrogen-bond acceptors (Lipinski definition) is 3. The van der Waals surface area contributed by atoms with Crippen molar-refractivity contribution in [2.24, 2.45) is 5.92 Å². The smallest absolute Gasteiger partial charge is 0.335 e. The third-order valence-corrected chi connectivity index (χ3v) is 4.08. The number of hydrogen-bond donors (Lipinski definition) is 2. The highest BCUT2D eigenvalue weighted by Crippen LogP contribution is 2.27. The van der Waals surface area contributed by atoms with Gasteiger partial charge in [0.25, 0.3) is 0 Å². The Kier molecular flexibility index (Phi) is 5.01. The van der Waals surface area contributed by atoms with Crippen LogP contribution in [0.2, 0.25) is 0 Å². The Hall–Kier alpha value is -1.55. The molecule has 0 atom stereocenters. The van der Waals surface area contributed by atoms with Gasteiger partial charge in [-0.25, -0.2) is 4.79 Å². The van der Waals surface area contributed by atoms with Crippen LogP contribution >= 0.6 is 0 Å². The van der Waals surface area contributed by atoms with Crippen LogP contribution in [-0.4, -0.2) is 30.8 Å². The number of aryl methyl sites for hydroxylation is 1. The maximum atomic E-state index is 11.0. The van der Waals surface area contributed by atoms with Crippen molar-refractivity contribution in [1.82, 2.24) is 0 Å². The number of ether oxygens (including phenoxy) is 1. The fraction of sp³-hybridized carbons (Fsp3) is 0.562. The Morgan fingerprint density at radius 1 is 1.35 bits per heavy atom. The van der Waals surface area contributed by atoms with Gasteiger partial charge in [-0.05, 0) is 62.3 Å². The van der Waals surface area contributed by atoms with Crippen molar-refractivity contribution in [1.29, 1.82) is 0 Å². The van der Waals surface area contributed by atoms with E-state index in [0.29, 0.717) is 17.5 Å². The summed E-state index contributed by atoms with van der Waals surface area (Å²) in [6, 6.07) is 5.94. The van der Waals surface area contributed by atoms with Crippen molar-refractivity contribution in [3.8, 4) is 0 Å². The number of carboxylic acid groups (broad SMARTS) is 1. The summed E-state index contributed by atoms with van der Waals surface area (Å²) in [5.74, 6) is -0.178. The lowest BCUT2D eigenvalue weighted by atomic mass is 9.86. The van der Waals surface area contributed by atoms with Gasteiger partial charge < -0.3 is 15.2 Å². The van der Waals surface area contributed by atoms with Crippen molar-refractivity contribution in [3.63, 3.8) is 0 Å². The van der Waals surface area contributed by atoms with Crippen molar-refractivity contribution in [2.75, 3.05) is 19.0 Å². The zero-order valence-electron chi connectivity index (χ0n) is 12.2. The van der Waals surface area contributed by atoms with Crippen LogP contribution in [0.5, 0.6) is 0 Å². The van der Waals surface area contributed by atoms with Gasteiger partial charge in [-0.2, -0.15) is 0 Å². The summed E-state index contributed by atoms with van der Waals surface area (Å²) < 4.78 is 5.21. The van der Waals surface area contributed by atoms with Crippen LogP contribution in [-0.2, 0) is 4.74 Å². The van der Waals surface area contributed by atoms with Crippen molar-refractivity contribution >= 4 is 11.7 Å². The first kappa shape index (κ1) is 14.9. The van der Waals surface area contributed by atoms with Crippen LogP contribution in [0.15, 0.2) is 18.2 Å². The normalized spacial score (nSPS) is 22.5. The second kappa shape index (κ2) is 6.75. The topological polar surface area (TPSA) is 58.6 Å². The van der Waals surface area contributed by atoms with E-state index in [2.05, 4.69) is 5.32 Å². The summed E-state index contributed by atoms with van der Waals surface area (Å²) in [5.41, 5.74) is 2.19. The lowest BCUT2D eigenvalue weighted by Crippen LogP contribution is -2.27. The molecule has 0 spiro atoms. The van der Waals surface area contributed by atoms with E-state index >= 15 is 0 Å². The summed E-state index contributed by atoms with van der Waals surface area (Å²) in [7, 11) is 1.76. The predicted octanol–water partition coefficient (Wildman–Crippen LogP) is 3.31. The molecule has 0 saturated heterocycles. The molecule has 0 heterocycles. The number of carboxylic acids is 1. The molecule has 1 aromatic carbocycles. The van der Waals surface area contributed by atoms with Crippen molar-refractivity contribution in [2.45, 2.75) is 38.6 Å². The molecule has 4 heteroatoms. The minimum absolute atomic E-state index is 0.374. The number of aromatic carboxylic acids is 1. The summed E-state index contributed by atoms with van der Waals surface area (Å²) >= 11 is 0. The Morgan fingerprint density at radius 3 is 2.60 bits per heavy atom.